The number of nitrogens with zero attached hydrogens (tertiary/aromatic N) is 2. The first-order valence-electron chi connectivity index (χ1n) is 8.58. The van der Waals surface area contributed by atoms with Crippen molar-refractivity contribution in [3.05, 3.63) is 16.5 Å². The molecule has 0 aromatic heterocycles. The molecule has 8 nitrogen and oxygen atoms in total. The number of rotatable bonds is 6. The Kier molecular flexibility index (Phi) is 6.65. The van der Waals surface area contributed by atoms with Crippen LogP contribution in [0.2, 0.25) is 0 Å². The molecule has 1 aliphatic heterocycles. The van der Waals surface area contributed by atoms with Gasteiger partial charge in [0.05, 0.1) is 21.3 Å². The summed E-state index contributed by atoms with van der Waals surface area (Å²) in [6, 6.07) is 1.80. The van der Waals surface area contributed by atoms with Crippen LogP contribution in [0.15, 0.2) is 11.2 Å². The van der Waals surface area contributed by atoms with Gasteiger partial charge < -0.3 is 23.8 Å². The molecule has 1 aliphatic rings. The number of hydrogen-bond acceptors (Lipinski definition) is 7. The van der Waals surface area contributed by atoms with Gasteiger partial charge in [0.15, 0.2) is 17.2 Å². The molecule has 1 heterocycles. The van der Waals surface area contributed by atoms with Crippen LogP contribution in [0.1, 0.15) is 38.7 Å². The number of amides is 1. The molecule has 2 unspecified atom stereocenters. The predicted octanol–water partition coefficient (Wildman–Crippen LogP) is 4.01. The second-order valence-corrected chi connectivity index (χ2v) is 6.34. The van der Waals surface area contributed by atoms with E-state index in [0.717, 1.165) is 19.3 Å². The van der Waals surface area contributed by atoms with Crippen LogP contribution in [0.25, 0.3) is 0 Å². The van der Waals surface area contributed by atoms with Crippen LogP contribution in [0, 0.1) is 4.91 Å². The number of carbonyl (C=O) groups is 1. The van der Waals surface area contributed by atoms with Crippen molar-refractivity contribution < 1.29 is 23.7 Å². The van der Waals surface area contributed by atoms with E-state index in [1.54, 1.807) is 11.0 Å². The Balaban J connectivity index is 2.25. The third kappa shape index (κ3) is 3.84. The molecule has 8 heteroatoms. The molecule has 1 aromatic carbocycles. The molecule has 2 rings (SSSR count). The summed E-state index contributed by atoms with van der Waals surface area (Å²) in [7, 11) is 4.31. The van der Waals surface area contributed by atoms with Gasteiger partial charge in [0.1, 0.15) is 6.61 Å². The van der Waals surface area contributed by atoms with E-state index in [9.17, 15) is 9.70 Å². The molecule has 2 atom stereocenters. The highest BCUT2D eigenvalue weighted by Crippen LogP contribution is 2.46. The molecule has 0 N–H and O–H groups in total. The van der Waals surface area contributed by atoms with Gasteiger partial charge in [-0.05, 0) is 44.4 Å². The second kappa shape index (κ2) is 8.73. The van der Waals surface area contributed by atoms with Gasteiger partial charge in [0.25, 0.3) is 0 Å². The van der Waals surface area contributed by atoms with Crippen molar-refractivity contribution in [1.82, 2.24) is 4.90 Å². The van der Waals surface area contributed by atoms with Crippen molar-refractivity contribution in [2.75, 3.05) is 21.3 Å². The zero-order valence-corrected chi connectivity index (χ0v) is 15.9. The fourth-order valence-corrected chi connectivity index (χ4v) is 3.40. The Morgan fingerprint density at radius 1 is 1.12 bits per heavy atom. The molecular formula is C18H26N2O6. The van der Waals surface area contributed by atoms with E-state index in [1.165, 1.54) is 21.3 Å². The lowest BCUT2D eigenvalue weighted by Crippen LogP contribution is -2.47. The first-order chi connectivity index (χ1) is 12.5. The predicted molar refractivity (Wildman–Crippen MR) is 96.4 cm³/mol. The van der Waals surface area contributed by atoms with Gasteiger partial charge in [0, 0.05) is 17.6 Å². The van der Waals surface area contributed by atoms with Crippen LogP contribution < -0.4 is 14.2 Å². The van der Waals surface area contributed by atoms with Gasteiger partial charge in [0.2, 0.25) is 5.75 Å². The Morgan fingerprint density at radius 2 is 1.73 bits per heavy atom. The lowest BCUT2D eigenvalue weighted by Gasteiger charge is -2.38. The van der Waals surface area contributed by atoms with Crippen LogP contribution in [-0.4, -0.2) is 44.4 Å². The van der Waals surface area contributed by atoms with E-state index in [-0.39, 0.29) is 35.9 Å². The average Bonchev–Trinajstić information content (AvgIpc) is 2.64. The number of nitroso groups, excluding NO2 is 1. The summed E-state index contributed by atoms with van der Waals surface area (Å²) >= 11 is 0. The van der Waals surface area contributed by atoms with Gasteiger partial charge in [-0.15, -0.1) is 4.91 Å². The summed E-state index contributed by atoms with van der Waals surface area (Å²) in [6.07, 6.45) is 2.59. The van der Waals surface area contributed by atoms with Crippen LogP contribution >= 0.6 is 0 Å². The summed E-state index contributed by atoms with van der Waals surface area (Å²) in [4.78, 5) is 25.6. The van der Waals surface area contributed by atoms with Gasteiger partial charge in [-0.3, -0.25) is 0 Å². The minimum Gasteiger partial charge on any atom is -0.493 e. The summed E-state index contributed by atoms with van der Waals surface area (Å²) < 4.78 is 21.2. The first kappa shape index (κ1) is 19.8. The molecule has 1 fully saturated rings. The fourth-order valence-electron chi connectivity index (χ4n) is 3.40. The lowest BCUT2D eigenvalue weighted by molar-refractivity contribution is 0.0510. The second-order valence-electron chi connectivity index (χ2n) is 6.34. The molecule has 0 bridgehead atoms. The summed E-state index contributed by atoms with van der Waals surface area (Å²) in [5.41, 5.74) is 0.415. The van der Waals surface area contributed by atoms with E-state index in [2.05, 4.69) is 5.18 Å². The maximum absolute atomic E-state index is 12.5. The fraction of sp³-hybridized carbons (Fsp3) is 0.611. The standard InChI is InChI=1S/C18H26N2O6/c1-11-7-6-8-12(2)20(11)18(21)26-10-13-9-14(23-3)16(24-4)17(25-5)15(13)19-22/h9,11-12H,6-8,10H2,1-5H3. The van der Waals surface area contributed by atoms with Gasteiger partial charge >= 0.3 is 6.09 Å². The topological polar surface area (TPSA) is 86.7 Å². The zero-order valence-electron chi connectivity index (χ0n) is 15.9. The van der Waals surface area contributed by atoms with Crippen molar-refractivity contribution in [3.8, 4) is 17.2 Å². The number of benzene rings is 1. The van der Waals surface area contributed by atoms with Crippen molar-refractivity contribution in [3.63, 3.8) is 0 Å². The molecule has 0 aliphatic carbocycles. The smallest absolute Gasteiger partial charge is 0.410 e. The highest BCUT2D eigenvalue weighted by molar-refractivity contribution is 5.71. The van der Waals surface area contributed by atoms with Crippen LogP contribution in [0.5, 0.6) is 17.2 Å². The van der Waals surface area contributed by atoms with Gasteiger partial charge in [-0.1, -0.05) is 0 Å². The monoisotopic (exact) mass is 366 g/mol. The molecule has 0 radical (unpaired) electrons. The maximum atomic E-state index is 12.5. The van der Waals surface area contributed by atoms with Crippen molar-refractivity contribution in [1.29, 1.82) is 0 Å². The molecule has 144 valence electrons. The van der Waals surface area contributed by atoms with Crippen LogP contribution in [-0.2, 0) is 11.3 Å². The zero-order chi connectivity index (χ0) is 19.3. The van der Waals surface area contributed by atoms with Crippen molar-refractivity contribution >= 4 is 11.8 Å². The van der Waals surface area contributed by atoms with Gasteiger partial charge in [-0.25, -0.2) is 4.79 Å². The number of piperidine rings is 1. The number of carbonyl (C=O) groups excluding carboxylic acids is 1. The third-order valence-electron chi connectivity index (χ3n) is 4.73. The third-order valence-corrected chi connectivity index (χ3v) is 4.73. The largest absolute Gasteiger partial charge is 0.493 e. The Labute approximate surface area is 153 Å². The average molecular weight is 366 g/mol. The molecule has 1 aromatic rings. The van der Waals surface area contributed by atoms with E-state index >= 15 is 0 Å². The summed E-state index contributed by atoms with van der Waals surface area (Å²) in [6.45, 7) is 3.90. The summed E-state index contributed by atoms with van der Waals surface area (Å²) in [5, 5.41) is 3.03. The number of hydrogen-bond donors (Lipinski definition) is 0. The molecular weight excluding hydrogens is 340 g/mol. The van der Waals surface area contributed by atoms with Crippen LogP contribution in [0.4, 0.5) is 10.5 Å². The Bertz CT molecular complexity index is 654. The number of ether oxygens (including phenoxy) is 4. The van der Waals surface area contributed by atoms with E-state index in [1.807, 2.05) is 13.8 Å². The van der Waals surface area contributed by atoms with Crippen molar-refractivity contribution in [2.24, 2.45) is 5.18 Å². The quantitative estimate of drug-likeness (QED) is 0.707. The first-order valence-corrected chi connectivity index (χ1v) is 8.58. The number of likely N-dealkylation sites (tertiary alicyclic amines) is 1. The van der Waals surface area contributed by atoms with E-state index < -0.39 is 6.09 Å². The molecule has 1 amide bonds. The SMILES string of the molecule is COc1cc(COC(=O)N2C(C)CCCC2C)c(N=O)c(OC)c1OC. The van der Waals surface area contributed by atoms with Crippen molar-refractivity contribution in [2.45, 2.75) is 51.8 Å². The molecule has 26 heavy (non-hydrogen) atoms. The lowest BCUT2D eigenvalue weighted by atomic mass is 9.98. The Morgan fingerprint density at radius 3 is 2.23 bits per heavy atom. The normalized spacial score (nSPS) is 19.7. The maximum Gasteiger partial charge on any atom is 0.410 e. The summed E-state index contributed by atoms with van der Waals surface area (Å²) in [5.74, 6) is 0.771. The van der Waals surface area contributed by atoms with E-state index in [4.69, 9.17) is 18.9 Å². The highest BCUT2D eigenvalue weighted by atomic mass is 16.6. The van der Waals surface area contributed by atoms with E-state index in [0.29, 0.717) is 11.3 Å². The minimum absolute atomic E-state index is 0.0256. The molecule has 1 saturated heterocycles. The Hall–Kier alpha value is -2.51. The minimum atomic E-state index is -0.407. The van der Waals surface area contributed by atoms with Gasteiger partial charge in [-0.2, -0.15) is 0 Å². The highest BCUT2D eigenvalue weighted by Gasteiger charge is 2.30. The molecule has 0 spiro atoms. The molecule has 0 saturated carbocycles. The van der Waals surface area contributed by atoms with Crippen LogP contribution in [0.3, 0.4) is 0 Å². The number of methoxy groups -OCH3 is 3.